The Morgan fingerprint density at radius 1 is 1.19 bits per heavy atom. The zero-order chi connectivity index (χ0) is 18.9. The molecule has 0 saturated carbocycles. The average Bonchev–Trinajstić information content (AvgIpc) is 2.61. The summed E-state index contributed by atoms with van der Waals surface area (Å²) >= 11 is 6.15. The van der Waals surface area contributed by atoms with Crippen LogP contribution in [0.25, 0.3) is 0 Å². The van der Waals surface area contributed by atoms with Crippen molar-refractivity contribution < 1.29 is 19.4 Å². The number of rotatable bonds is 9. The summed E-state index contributed by atoms with van der Waals surface area (Å²) in [7, 11) is 0. The molecule has 0 saturated heterocycles. The first-order valence-electron chi connectivity index (χ1n) is 8.08. The van der Waals surface area contributed by atoms with Gasteiger partial charge in [0, 0.05) is 6.42 Å². The van der Waals surface area contributed by atoms with Gasteiger partial charge in [-0.2, -0.15) is 0 Å². The second kappa shape index (κ2) is 9.63. The van der Waals surface area contributed by atoms with Crippen LogP contribution in [0.3, 0.4) is 0 Å². The van der Waals surface area contributed by atoms with Crippen LogP contribution in [-0.2, 0) is 22.4 Å². The van der Waals surface area contributed by atoms with E-state index in [0.29, 0.717) is 22.9 Å². The van der Waals surface area contributed by atoms with Crippen LogP contribution in [0.4, 0.5) is 0 Å². The fraction of sp³-hybridized carbons (Fsp3) is 0.200. The molecule has 0 aromatic heterocycles. The standard InChI is InChI=1S/C20H20ClNO4/c1-2-10-26-18-9-8-15(11-16(18)21)12-17(20(24)25)22-19(23)13-14-6-4-3-5-7-14/h2-9,11,17H,1,10,12-13H2,(H,22,23)(H,24,25)/t17-/m0/s1. The lowest BCUT2D eigenvalue weighted by atomic mass is 10.0. The van der Waals surface area contributed by atoms with E-state index < -0.39 is 12.0 Å². The van der Waals surface area contributed by atoms with Gasteiger partial charge in [-0.3, -0.25) is 4.79 Å². The van der Waals surface area contributed by atoms with Gasteiger partial charge in [0.2, 0.25) is 5.91 Å². The van der Waals surface area contributed by atoms with Crippen molar-refractivity contribution in [3.05, 3.63) is 77.3 Å². The quantitative estimate of drug-likeness (QED) is 0.661. The van der Waals surface area contributed by atoms with Crippen LogP contribution in [0.5, 0.6) is 5.75 Å². The fourth-order valence-corrected chi connectivity index (χ4v) is 2.66. The molecule has 5 nitrogen and oxygen atoms in total. The molecule has 0 aliphatic heterocycles. The number of aliphatic carboxylic acids is 1. The molecule has 1 atom stereocenters. The normalized spacial score (nSPS) is 11.4. The maximum absolute atomic E-state index is 12.1. The van der Waals surface area contributed by atoms with Crippen LogP contribution < -0.4 is 10.1 Å². The van der Waals surface area contributed by atoms with Crippen LogP contribution in [0.15, 0.2) is 61.2 Å². The average molecular weight is 374 g/mol. The lowest BCUT2D eigenvalue weighted by molar-refractivity contribution is -0.141. The number of halogens is 1. The number of benzene rings is 2. The number of amides is 1. The van der Waals surface area contributed by atoms with Gasteiger partial charge in [-0.05, 0) is 23.3 Å². The Balaban J connectivity index is 2.01. The minimum atomic E-state index is -1.10. The predicted octanol–water partition coefficient (Wildman–Crippen LogP) is 3.26. The first kappa shape index (κ1) is 19.5. The maximum Gasteiger partial charge on any atom is 0.326 e. The first-order valence-corrected chi connectivity index (χ1v) is 8.45. The summed E-state index contributed by atoms with van der Waals surface area (Å²) in [4.78, 5) is 23.6. The van der Waals surface area contributed by atoms with Gasteiger partial charge < -0.3 is 15.2 Å². The van der Waals surface area contributed by atoms with Crippen molar-refractivity contribution in [2.45, 2.75) is 18.9 Å². The Kier molecular flexibility index (Phi) is 7.24. The minimum Gasteiger partial charge on any atom is -0.488 e. The van der Waals surface area contributed by atoms with Gasteiger partial charge in [0.15, 0.2) is 0 Å². The monoisotopic (exact) mass is 373 g/mol. The number of ether oxygens (including phenoxy) is 1. The SMILES string of the molecule is C=CCOc1ccc(C[C@H](NC(=O)Cc2ccccc2)C(=O)O)cc1Cl. The first-order chi connectivity index (χ1) is 12.5. The number of hydrogen-bond donors (Lipinski definition) is 2. The van der Waals surface area contributed by atoms with E-state index in [4.69, 9.17) is 16.3 Å². The van der Waals surface area contributed by atoms with Gasteiger partial charge in [0.25, 0.3) is 0 Å². The van der Waals surface area contributed by atoms with Gasteiger partial charge in [-0.15, -0.1) is 0 Å². The second-order valence-electron chi connectivity index (χ2n) is 5.69. The Morgan fingerprint density at radius 2 is 1.92 bits per heavy atom. The highest BCUT2D eigenvalue weighted by atomic mass is 35.5. The smallest absolute Gasteiger partial charge is 0.326 e. The van der Waals surface area contributed by atoms with Crippen LogP contribution in [-0.4, -0.2) is 29.6 Å². The largest absolute Gasteiger partial charge is 0.488 e. The summed E-state index contributed by atoms with van der Waals surface area (Å²) < 4.78 is 5.39. The van der Waals surface area contributed by atoms with E-state index in [1.54, 1.807) is 24.3 Å². The van der Waals surface area contributed by atoms with E-state index in [0.717, 1.165) is 5.56 Å². The molecule has 0 heterocycles. The van der Waals surface area contributed by atoms with E-state index in [-0.39, 0.29) is 18.7 Å². The number of hydrogen-bond acceptors (Lipinski definition) is 3. The molecule has 0 bridgehead atoms. The molecule has 0 radical (unpaired) electrons. The zero-order valence-corrected chi connectivity index (χ0v) is 14.9. The highest BCUT2D eigenvalue weighted by Crippen LogP contribution is 2.26. The van der Waals surface area contributed by atoms with Gasteiger partial charge >= 0.3 is 5.97 Å². The molecule has 1 amide bonds. The molecule has 0 aliphatic carbocycles. The van der Waals surface area contributed by atoms with Gasteiger partial charge in [0.05, 0.1) is 11.4 Å². The molecule has 6 heteroatoms. The lowest BCUT2D eigenvalue weighted by Gasteiger charge is -2.15. The molecule has 0 aliphatic rings. The van der Waals surface area contributed by atoms with Gasteiger partial charge in [0.1, 0.15) is 18.4 Å². The van der Waals surface area contributed by atoms with E-state index in [9.17, 15) is 14.7 Å². The summed E-state index contributed by atoms with van der Waals surface area (Å²) in [6.07, 6.45) is 1.85. The van der Waals surface area contributed by atoms with Gasteiger partial charge in [-0.1, -0.05) is 60.7 Å². The molecule has 26 heavy (non-hydrogen) atoms. The van der Waals surface area contributed by atoms with Crippen molar-refractivity contribution in [1.82, 2.24) is 5.32 Å². The highest BCUT2D eigenvalue weighted by molar-refractivity contribution is 6.32. The van der Waals surface area contributed by atoms with Crippen LogP contribution in [0, 0.1) is 0 Å². The number of carbonyl (C=O) groups is 2. The number of nitrogens with one attached hydrogen (secondary N) is 1. The third-order valence-electron chi connectivity index (χ3n) is 3.63. The molecule has 2 N–H and O–H groups in total. The summed E-state index contributed by atoms with van der Waals surface area (Å²) in [5.41, 5.74) is 1.51. The fourth-order valence-electron chi connectivity index (χ4n) is 2.40. The third-order valence-corrected chi connectivity index (χ3v) is 3.93. The molecular weight excluding hydrogens is 354 g/mol. The van der Waals surface area contributed by atoms with Gasteiger partial charge in [-0.25, -0.2) is 4.79 Å². The molecule has 2 aromatic rings. The van der Waals surface area contributed by atoms with E-state index in [1.165, 1.54) is 0 Å². The predicted molar refractivity (Wildman–Crippen MR) is 101 cm³/mol. The van der Waals surface area contributed by atoms with Crippen LogP contribution >= 0.6 is 11.6 Å². The Labute approximate surface area is 157 Å². The topological polar surface area (TPSA) is 75.6 Å². The van der Waals surface area contributed by atoms with Crippen molar-refractivity contribution >= 4 is 23.5 Å². The van der Waals surface area contributed by atoms with Crippen molar-refractivity contribution in [3.63, 3.8) is 0 Å². The van der Waals surface area contributed by atoms with Crippen LogP contribution in [0.2, 0.25) is 5.02 Å². The summed E-state index contributed by atoms with van der Waals surface area (Å²) in [6.45, 7) is 3.89. The third kappa shape index (κ3) is 5.93. The number of carboxylic acids is 1. The highest BCUT2D eigenvalue weighted by Gasteiger charge is 2.21. The molecule has 2 aromatic carbocycles. The maximum atomic E-state index is 12.1. The van der Waals surface area contributed by atoms with Crippen LogP contribution in [0.1, 0.15) is 11.1 Å². The molecule has 0 unspecified atom stereocenters. The summed E-state index contributed by atoms with van der Waals surface area (Å²) in [5, 5.41) is 12.3. The van der Waals surface area contributed by atoms with E-state index >= 15 is 0 Å². The number of carboxylic acid groups (broad SMARTS) is 1. The van der Waals surface area contributed by atoms with E-state index in [1.807, 2.05) is 30.3 Å². The Bertz CT molecular complexity index is 777. The van der Waals surface area contributed by atoms with Crippen molar-refractivity contribution in [3.8, 4) is 5.75 Å². The number of carbonyl (C=O) groups excluding carboxylic acids is 1. The molecule has 0 fully saturated rings. The Morgan fingerprint density at radius 3 is 2.54 bits per heavy atom. The second-order valence-corrected chi connectivity index (χ2v) is 6.10. The minimum absolute atomic E-state index is 0.122. The zero-order valence-electron chi connectivity index (χ0n) is 14.2. The lowest BCUT2D eigenvalue weighted by Crippen LogP contribution is -2.43. The van der Waals surface area contributed by atoms with Crippen molar-refractivity contribution in [1.29, 1.82) is 0 Å². The molecule has 2 rings (SSSR count). The Hall–Kier alpha value is -2.79. The summed E-state index contributed by atoms with van der Waals surface area (Å²) in [5.74, 6) is -0.953. The van der Waals surface area contributed by atoms with Crippen molar-refractivity contribution in [2.75, 3.05) is 6.61 Å². The molecular formula is C20H20ClNO4. The molecule has 0 spiro atoms. The van der Waals surface area contributed by atoms with E-state index in [2.05, 4.69) is 11.9 Å². The van der Waals surface area contributed by atoms with Crippen molar-refractivity contribution in [2.24, 2.45) is 0 Å². The molecule has 136 valence electrons. The summed E-state index contributed by atoms with van der Waals surface area (Å²) in [6, 6.07) is 13.1.